The van der Waals surface area contributed by atoms with Crippen molar-refractivity contribution in [3.63, 3.8) is 0 Å². The summed E-state index contributed by atoms with van der Waals surface area (Å²) in [7, 11) is 0. The lowest BCUT2D eigenvalue weighted by Crippen LogP contribution is -2.61. The number of rotatable bonds is 2. The van der Waals surface area contributed by atoms with Crippen LogP contribution in [-0.4, -0.2) is 43.7 Å². The zero-order chi connectivity index (χ0) is 17.5. The van der Waals surface area contributed by atoms with Crippen molar-refractivity contribution in [3.05, 3.63) is 27.6 Å². The average Bonchev–Trinajstić information content (AvgIpc) is 3.09. The molecule has 0 saturated heterocycles. The summed E-state index contributed by atoms with van der Waals surface area (Å²) in [5, 5.41) is 31.3. The Kier molecular flexibility index (Phi) is 4.10. The van der Waals surface area contributed by atoms with Crippen LogP contribution in [-0.2, 0) is 0 Å². The van der Waals surface area contributed by atoms with Gasteiger partial charge in [-0.1, -0.05) is 6.07 Å². The van der Waals surface area contributed by atoms with Crippen LogP contribution in [0.3, 0.4) is 0 Å². The number of hydrazone groups is 1. The van der Waals surface area contributed by atoms with Gasteiger partial charge in [-0.2, -0.15) is 9.84 Å². The lowest BCUT2D eigenvalue weighted by atomic mass is 9.86. The van der Waals surface area contributed by atoms with Crippen molar-refractivity contribution < 1.29 is 14.7 Å². The number of amides is 2. The maximum absolute atomic E-state index is 13.3. The second kappa shape index (κ2) is 5.83. The lowest BCUT2D eigenvalue weighted by Gasteiger charge is -2.38. The van der Waals surface area contributed by atoms with Crippen LogP contribution in [0.5, 0.6) is 0 Å². The Morgan fingerprint density at radius 3 is 2.92 bits per heavy atom. The predicted octanol–water partition coefficient (Wildman–Crippen LogP) is 1.83. The molecule has 0 radical (unpaired) electrons. The molecule has 0 unspecified atom stereocenters. The van der Waals surface area contributed by atoms with Crippen LogP contribution in [0.2, 0.25) is 0 Å². The Balaban J connectivity index is 2.17. The second-order valence-electron chi connectivity index (χ2n) is 6.55. The van der Waals surface area contributed by atoms with Crippen LogP contribution in [0.4, 0.5) is 4.79 Å². The van der Waals surface area contributed by atoms with Crippen molar-refractivity contribution >= 4 is 28.8 Å². The highest BCUT2D eigenvalue weighted by Crippen LogP contribution is 2.42. The number of primary amides is 1. The van der Waals surface area contributed by atoms with Gasteiger partial charge < -0.3 is 16.1 Å². The van der Waals surface area contributed by atoms with Crippen molar-refractivity contribution in [2.24, 2.45) is 10.8 Å². The number of nitrogens with one attached hydrogen (secondary N) is 1. The molecule has 1 aliphatic heterocycles. The van der Waals surface area contributed by atoms with Crippen molar-refractivity contribution in [2.45, 2.75) is 50.7 Å². The number of nitrogens with two attached hydrogens (primary N) is 1. The summed E-state index contributed by atoms with van der Waals surface area (Å²) < 4.78 is 0.861. The summed E-state index contributed by atoms with van der Waals surface area (Å²) in [6.45, 7) is 3.60. The molecule has 2 heterocycles. The first kappa shape index (κ1) is 16.9. The highest BCUT2D eigenvalue weighted by atomic mass is 32.1. The van der Waals surface area contributed by atoms with Crippen molar-refractivity contribution in [1.82, 2.24) is 10.5 Å². The van der Waals surface area contributed by atoms with Gasteiger partial charge in [-0.3, -0.25) is 0 Å². The molecule has 1 aliphatic carbocycles. The van der Waals surface area contributed by atoms with Crippen molar-refractivity contribution in [3.8, 4) is 0 Å². The van der Waals surface area contributed by atoms with Crippen LogP contribution < -0.4 is 11.2 Å². The first-order valence-electron chi connectivity index (χ1n) is 7.82. The molecule has 1 aromatic rings. The molecule has 24 heavy (non-hydrogen) atoms. The number of carbonyl (C=O) groups is 1. The molecule has 1 fully saturated rings. The van der Waals surface area contributed by atoms with E-state index in [4.69, 9.17) is 5.73 Å². The van der Waals surface area contributed by atoms with Crippen LogP contribution in [0.15, 0.2) is 22.6 Å². The Morgan fingerprint density at radius 2 is 2.29 bits per heavy atom. The molecule has 9 heteroatoms. The van der Waals surface area contributed by atoms with E-state index in [9.17, 15) is 15.2 Å². The first-order valence-corrected chi connectivity index (χ1v) is 8.70. The molecule has 4 N–H and O–H groups in total. The summed E-state index contributed by atoms with van der Waals surface area (Å²) in [6, 6.07) is 2.93. The van der Waals surface area contributed by atoms with E-state index >= 15 is 0 Å². The van der Waals surface area contributed by atoms with Gasteiger partial charge in [-0.15, -0.1) is 16.4 Å². The summed E-state index contributed by atoms with van der Waals surface area (Å²) in [6.07, 6.45) is 2.53. The molecule has 0 aromatic carbocycles. The van der Waals surface area contributed by atoms with E-state index in [0.717, 1.165) is 27.5 Å². The third-order valence-corrected chi connectivity index (χ3v) is 5.58. The predicted molar refractivity (Wildman–Crippen MR) is 91.1 cm³/mol. The summed E-state index contributed by atoms with van der Waals surface area (Å²) in [4.78, 5) is 11.8. The Hall–Kier alpha value is -1.97. The molecule has 3 rings (SSSR count). The fourth-order valence-corrected chi connectivity index (χ4v) is 4.53. The minimum atomic E-state index is -1.32. The minimum Gasteiger partial charge on any atom is -0.622 e. The van der Waals surface area contributed by atoms with Crippen LogP contribution in [0.1, 0.15) is 44.4 Å². The Bertz CT molecular complexity index is 713. The van der Waals surface area contributed by atoms with E-state index in [0.29, 0.717) is 24.3 Å². The Labute approximate surface area is 143 Å². The molecule has 130 valence electrons. The third kappa shape index (κ3) is 2.31. The molecule has 0 bridgehead atoms. The highest BCUT2D eigenvalue weighted by molar-refractivity contribution is 7.12. The maximum Gasteiger partial charge on any atom is 0.332 e. The quantitative estimate of drug-likeness (QED) is 0.428. The van der Waals surface area contributed by atoms with Crippen molar-refractivity contribution in [2.75, 3.05) is 0 Å². The second-order valence-corrected chi connectivity index (χ2v) is 7.50. The maximum atomic E-state index is 13.3. The largest absolute Gasteiger partial charge is 0.622 e. The van der Waals surface area contributed by atoms with E-state index in [2.05, 4.69) is 10.5 Å². The number of hydroxylamine groups is 3. The zero-order valence-electron chi connectivity index (χ0n) is 13.7. The molecule has 2 aliphatic rings. The van der Waals surface area contributed by atoms with Gasteiger partial charge in [0.2, 0.25) is 5.71 Å². The third-order valence-electron chi connectivity index (χ3n) is 4.71. The van der Waals surface area contributed by atoms with Gasteiger partial charge in [0.05, 0.1) is 4.88 Å². The van der Waals surface area contributed by atoms with Gasteiger partial charge in [0.15, 0.2) is 0 Å². The van der Waals surface area contributed by atoms with Gasteiger partial charge in [0.1, 0.15) is 11.3 Å². The molecule has 2 amide bonds. The van der Waals surface area contributed by atoms with Gasteiger partial charge >= 0.3 is 6.03 Å². The molecule has 1 spiro atoms. The fraction of sp³-hybridized carbons (Fsp3) is 0.533. The molecule has 1 saturated carbocycles. The summed E-state index contributed by atoms with van der Waals surface area (Å²) in [5.74, 6) is 0. The number of hydrogen-bond acceptors (Lipinski definition) is 6. The van der Waals surface area contributed by atoms with Crippen LogP contribution in [0.25, 0.3) is 0 Å². The highest BCUT2D eigenvalue weighted by Gasteiger charge is 2.65. The van der Waals surface area contributed by atoms with Gasteiger partial charge in [0, 0.05) is 6.42 Å². The Morgan fingerprint density at radius 1 is 1.54 bits per heavy atom. The number of nitrogens with zero attached hydrogens (tertiary/aromatic N) is 3. The summed E-state index contributed by atoms with van der Waals surface area (Å²) >= 11 is 1.45. The van der Waals surface area contributed by atoms with E-state index in [1.165, 1.54) is 11.3 Å². The minimum absolute atomic E-state index is 0.421. The van der Waals surface area contributed by atoms with E-state index in [1.807, 2.05) is 17.5 Å². The number of urea groups is 1. The number of carbonyl (C=O) groups excluding carboxylic acids is 1. The first-order chi connectivity index (χ1) is 11.3. The fourth-order valence-electron chi connectivity index (χ4n) is 3.62. The molecular weight excluding hydrogens is 330 g/mol. The van der Waals surface area contributed by atoms with Gasteiger partial charge in [-0.05, 0) is 44.6 Å². The monoisotopic (exact) mass is 351 g/mol. The SMILES string of the molecule is CC1(C)C(c2cccs2)=[N+]([O-])[C@@]2(CCCC/C2=N/NC(N)=O)N1O. The molecular formula is C15H21N5O3S. The average molecular weight is 351 g/mol. The number of hydrogen-bond donors (Lipinski definition) is 3. The van der Waals surface area contributed by atoms with Gasteiger partial charge in [0.25, 0.3) is 5.66 Å². The topological polar surface area (TPSA) is 117 Å². The molecule has 1 atom stereocenters. The van der Waals surface area contributed by atoms with E-state index < -0.39 is 17.2 Å². The smallest absolute Gasteiger partial charge is 0.332 e. The normalized spacial score (nSPS) is 28.7. The van der Waals surface area contributed by atoms with E-state index in [1.54, 1.807) is 13.8 Å². The van der Waals surface area contributed by atoms with Crippen LogP contribution in [0, 0.1) is 5.21 Å². The van der Waals surface area contributed by atoms with Crippen molar-refractivity contribution in [1.29, 1.82) is 0 Å². The summed E-state index contributed by atoms with van der Waals surface area (Å²) in [5.41, 5.74) is 6.00. The van der Waals surface area contributed by atoms with Crippen LogP contribution >= 0.6 is 11.3 Å². The zero-order valence-corrected chi connectivity index (χ0v) is 14.5. The lowest BCUT2D eigenvalue weighted by molar-refractivity contribution is -0.568. The van der Waals surface area contributed by atoms with Gasteiger partial charge in [-0.25, -0.2) is 10.2 Å². The van der Waals surface area contributed by atoms with E-state index in [-0.39, 0.29) is 0 Å². The number of thiophene rings is 1. The standard InChI is InChI=1S/C15H21N5O3S/c1-14(2)12(10-6-5-9-24-10)19(22)15(20(14)23)8-4-3-7-11(15)17-18-13(16)21/h5-6,9,23H,3-4,7-8H2,1-2H3,(H3,16,18,21)/b17-11-/t15-/m0/s1. The molecule has 8 nitrogen and oxygen atoms in total. The molecule has 1 aromatic heterocycles.